The average molecular weight is 498 g/mol. The third kappa shape index (κ3) is 4.98. The predicted octanol–water partition coefficient (Wildman–Crippen LogP) is 8.56. The lowest BCUT2D eigenvalue weighted by Crippen LogP contribution is -2.07. The molecule has 0 aliphatic rings. The molecular weight excluding hydrogens is 479 g/mol. The highest BCUT2D eigenvalue weighted by atomic mass is 35.5. The summed E-state index contributed by atoms with van der Waals surface area (Å²) in [6.45, 7) is 0. The minimum atomic E-state index is -4.51. The molecule has 1 aromatic heterocycles. The minimum absolute atomic E-state index is 0.0654. The summed E-state index contributed by atoms with van der Waals surface area (Å²) in [5.41, 5.74) is 4.00. The zero-order chi connectivity index (χ0) is 25.1. The van der Waals surface area contributed by atoms with E-state index in [1.807, 2.05) is 72.8 Å². The fourth-order valence-electron chi connectivity index (χ4n) is 4.24. The van der Waals surface area contributed by atoms with Gasteiger partial charge in [0.1, 0.15) is 0 Å². The summed E-state index contributed by atoms with van der Waals surface area (Å²) < 4.78 is 41.4. The van der Waals surface area contributed by atoms with Gasteiger partial charge in [0.05, 0.1) is 16.1 Å². The maximum Gasteiger partial charge on any atom is 0.418 e. The summed E-state index contributed by atoms with van der Waals surface area (Å²) in [6.07, 6.45) is -2.42. The number of hydrogen-bond donors (Lipinski definition) is 0. The van der Waals surface area contributed by atoms with E-state index < -0.39 is 11.7 Å². The second-order valence-corrected chi connectivity index (χ2v) is 8.74. The van der Waals surface area contributed by atoms with Crippen LogP contribution < -0.4 is 0 Å². The monoisotopic (exact) mass is 497 g/mol. The average Bonchev–Trinajstić information content (AvgIpc) is 2.88. The van der Waals surface area contributed by atoms with Crippen LogP contribution in [0.3, 0.4) is 0 Å². The van der Waals surface area contributed by atoms with Crippen molar-refractivity contribution in [1.29, 1.82) is 0 Å². The first-order valence-corrected chi connectivity index (χ1v) is 11.7. The lowest BCUT2D eigenvalue weighted by Gasteiger charge is -2.16. The number of aromatic nitrogens is 1. The first-order chi connectivity index (χ1) is 17.4. The number of pyridine rings is 1. The molecule has 0 atom stereocenters. The molecule has 4 aromatic carbocycles. The van der Waals surface area contributed by atoms with Crippen LogP contribution in [-0.4, -0.2) is 4.98 Å². The third-order valence-corrected chi connectivity index (χ3v) is 6.21. The lowest BCUT2D eigenvalue weighted by molar-refractivity contribution is -0.136. The molecule has 0 aliphatic heterocycles. The summed E-state index contributed by atoms with van der Waals surface area (Å²) in [4.78, 5) is 4.28. The molecule has 1 heterocycles. The van der Waals surface area contributed by atoms with Gasteiger partial charge in [-0.3, -0.25) is 4.98 Å². The first-order valence-electron chi connectivity index (χ1n) is 11.3. The highest BCUT2D eigenvalue weighted by Gasteiger charge is 2.33. The van der Waals surface area contributed by atoms with Crippen molar-refractivity contribution in [1.82, 2.24) is 4.98 Å². The first kappa shape index (κ1) is 23.7. The van der Waals surface area contributed by atoms with Gasteiger partial charge >= 0.3 is 6.18 Å². The summed E-state index contributed by atoms with van der Waals surface area (Å²) in [5, 5.41) is 1.01. The number of rotatable bonds is 3. The lowest BCUT2D eigenvalue weighted by atomic mass is 9.91. The number of alkyl halides is 3. The third-order valence-electron chi connectivity index (χ3n) is 5.89. The standard InChI is InChI=1S/C31H19ClF3N/c32-28-15-5-4-11-23(28)17-16-22-10-6-12-24(18-22)29-25(19-21-8-2-1-3-9-21)20-36-30-26(29)13-7-14-27(30)31(33,34)35/h1-15,18,20H,19H2. The molecule has 0 aliphatic carbocycles. The highest BCUT2D eigenvalue weighted by Crippen LogP contribution is 2.39. The molecule has 0 saturated heterocycles. The fourth-order valence-corrected chi connectivity index (χ4v) is 4.42. The smallest absolute Gasteiger partial charge is 0.255 e. The SMILES string of the molecule is FC(F)(F)c1cccc2c(-c3cccc(C#Cc4ccccc4Cl)c3)c(Cc3ccccc3)cnc12. The Hall–Kier alpha value is -4.07. The highest BCUT2D eigenvalue weighted by molar-refractivity contribution is 6.31. The Kier molecular flexibility index (Phi) is 6.50. The van der Waals surface area contributed by atoms with Gasteiger partial charge in [-0.25, -0.2) is 0 Å². The van der Waals surface area contributed by atoms with E-state index in [9.17, 15) is 13.2 Å². The molecule has 176 valence electrons. The van der Waals surface area contributed by atoms with Crippen LogP contribution in [0.25, 0.3) is 22.0 Å². The van der Waals surface area contributed by atoms with E-state index in [1.165, 1.54) is 6.07 Å². The topological polar surface area (TPSA) is 12.9 Å². The zero-order valence-electron chi connectivity index (χ0n) is 19.0. The number of benzene rings is 4. The Morgan fingerprint density at radius 1 is 0.778 bits per heavy atom. The number of fused-ring (bicyclic) bond motifs is 1. The molecule has 0 N–H and O–H groups in total. The van der Waals surface area contributed by atoms with Gasteiger partial charge in [-0.2, -0.15) is 13.2 Å². The molecule has 0 bridgehead atoms. The molecule has 0 radical (unpaired) electrons. The number of para-hydroxylation sites is 1. The minimum Gasteiger partial charge on any atom is -0.255 e. The second-order valence-electron chi connectivity index (χ2n) is 8.33. The second kappa shape index (κ2) is 9.89. The normalized spacial score (nSPS) is 11.2. The molecule has 5 aromatic rings. The van der Waals surface area contributed by atoms with Crippen molar-refractivity contribution in [3.63, 3.8) is 0 Å². The van der Waals surface area contributed by atoms with Gasteiger partial charge in [0.15, 0.2) is 0 Å². The maximum atomic E-state index is 13.8. The molecule has 5 heteroatoms. The van der Waals surface area contributed by atoms with Crippen LogP contribution in [0.15, 0.2) is 103 Å². The predicted molar refractivity (Wildman–Crippen MR) is 139 cm³/mol. The largest absolute Gasteiger partial charge is 0.418 e. The summed E-state index contributed by atoms with van der Waals surface area (Å²) in [6, 6.07) is 28.8. The molecule has 0 amide bonds. The maximum absolute atomic E-state index is 13.8. The van der Waals surface area contributed by atoms with Crippen LogP contribution in [0.2, 0.25) is 5.02 Å². The van der Waals surface area contributed by atoms with Gasteiger partial charge in [0.2, 0.25) is 0 Å². The van der Waals surface area contributed by atoms with Crippen molar-refractivity contribution in [2.24, 2.45) is 0 Å². The van der Waals surface area contributed by atoms with Crippen molar-refractivity contribution >= 4 is 22.5 Å². The molecular formula is C31H19ClF3N. The summed E-state index contributed by atoms with van der Waals surface area (Å²) in [5.74, 6) is 6.22. The molecule has 0 spiro atoms. The fraction of sp³-hybridized carbons (Fsp3) is 0.0645. The van der Waals surface area contributed by atoms with Crippen LogP contribution in [0.5, 0.6) is 0 Å². The molecule has 1 nitrogen and oxygen atoms in total. The van der Waals surface area contributed by atoms with E-state index in [4.69, 9.17) is 11.6 Å². The van der Waals surface area contributed by atoms with Crippen molar-refractivity contribution in [2.75, 3.05) is 0 Å². The Balaban J connectivity index is 1.69. The number of nitrogens with zero attached hydrogens (tertiary/aromatic N) is 1. The van der Waals surface area contributed by atoms with E-state index in [1.54, 1.807) is 18.3 Å². The Labute approximate surface area is 212 Å². The van der Waals surface area contributed by atoms with E-state index >= 15 is 0 Å². The van der Waals surface area contributed by atoms with Gasteiger partial charge in [-0.05, 0) is 59.0 Å². The van der Waals surface area contributed by atoms with E-state index in [2.05, 4.69) is 16.8 Å². The van der Waals surface area contributed by atoms with Gasteiger partial charge < -0.3 is 0 Å². The quantitative estimate of drug-likeness (QED) is 0.227. The van der Waals surface area contributed by atoms with Crippen molar-refractivity contribution in [2.45, 2.75) is 12.6 Å². The van der Waals surface area contributed by atoms with Crippen LogP contribution >= 0.6 is 11.6 Å². The molecule has 5 rings (SSSR count). The molecule has 0 fully saturated rings. The summed E-state index contributed by atoms with van der Waals surface area (Å²) >= 11 is 6.23. The zero-order valence-corrected chi connectivity index (χ0v) is 19.7. The Bertz CT molecular complexity index is 1610. The molecule has 0 unspecified atom stereocenters. The summed E-state index contributed by atoms with van der Waals surface area (Å²) in [7, 11) is 0. The van der Waals surface area contributed by atoms with Gasteiger partial charge in [0.25, 0.3) is 0 Å². The van der Waals surface area contributed by atoms with Gasteiger partial charge in [-0.15, -0.1) is 0 Å². The van der Waals surface area contributed by atoms with Crippen molar-refractivity contribution < 1.29 is 13.2 Å². The van der Waals surface area contributed by atoms with Crippen LogP contribution in [0.1, 0.15) is 27.8 Å². The van der Waals surface area contributed by atoms with Gasteiger partial charge in [-0.1, -0.05) is 90.2 Å². The van der Waals surface area contributed by atoms with E-state index in [0.29, 0.717) is 22.4 Å². The van der Waals surface area contributed by atoms with Crippen LogP contribution in [0, 0.1) is 11.8 Å². The van der Waals surface area contributed by atoms with Crippen molar-refractivity contribution in [3.8, 4) is 23.0 Å². The Morgan fingerprint density at radius 3 is 2.31 bits per heavy atom. The van der Waals surface area contributed by atoms with Crippen LogP contribution in [-0.2, 0) is 12.6 Å². The molecule has 0 saturated carbocycles. The molecule has 36 heavy (non-hydrogen) atoms. The van der Waals surface area contributed by atoms with Crippen LogP contribution in [0.4, 0.5) is 13.2 Å². The Morgan fingerprint density at radius 2 is 1.53 bits per heavy atom. The number of halogens is 4. The number of hydrogen-bond acceptors (Lipinski definition) is 1. The van der Waals surface area contributed by atoms with E-state index in [0.717, 1.165) is 33.9 Å². The van der Waals surface area contributed by atoms with Crippen molar-refractivity contribution in [3.05, 3.63) is 136 Å². The van der Waals surface area contributed by atoms with E-state index in [-0.39, 0.29) is 5.52 Å². The van der Waals surface area contributed by atoms with Gasteiger partial charge in [0, 0.05) is 22.7 Å².